The average Bonchev–Trinajstić information content (AvgIpc) is 2.33. The molecule has 6 nitrogen and oxygen atoms in total. The van der Waals surface area contributed by atoms with E-state index in [4.69, 9.17) is 11.6 Å². The van der Waals surface area contributed by atoms with Gasteiger partial charge in [-0.2, -0.15) is 15.0 Å². The lowest BCUT2D eigenvalue weighted by atomic mass is 10.0. The summed E-state index contributed by atoms with van der Waals surface area (Å²) in [5, 5.41) is 16.2. The van der Waals surface area contributed by atoms with E-state index in [0.29, 0.717) is 24.9 Å². The van der Waals surface area contributed by atoms with Crippen LogP contribution >= 0.6 is 11.6 Å². The summed E-state index contributed by atoms with van der Waals surface area (Å²) in [6, 6.07) is 0. The zero-order valence-electron chi connectivity index (χ0n) is 11.7. The molecule has 0 saturated heterocycles. The number of hydrogen-bond donors (Lipinski definition) is 3. The van der Waals surface area contributed by atoms with Gasteiger partial charge in [-0.3, -0.25) is 0 Å². The van der Waals surface area contributed by atoms with E-state index in [2.05, 4.69) is 32.5 Å². The molecular weight excluding hydrogens is 266 g/mol. The van der Waals surface area contributed by atoms with Crippen LogP contribution < -0.4 is 10.6 Å². The van der Waals surface area contributed by atoms with E-state index in [9.17, 15) is 5.11 Å². The monoisotopic (exact) mass is 287 g/mol. The molecule has 108 valence electrons. The van der Waals surface area contributed by atoms with Crippen LogP contribution in [0.25, 0.3) is 0 Å². The van der Waals surface area contributed by atoms with Crippen molar-refractivity contribution in [3.8, 4) is 0 Å². The summed E-state index contributed by atoms with van der Waals surface area (Å²) in [4.78, 5) is 12.2. The van der Waals surface area contributed by atoms with Crippen molar-refractivity contribution in [2.24, 2.45) is 0 Å². The summed E-state index contributed by atoms with van der Waals surface area (Å²) in [5.74, 6) is 0.814. The van der Waals surface area contributed by atoms with Crippen molar-refractivity contribution in [2.75, 3.05) is 23.7 Å². The van der Waals surface area contributed by atoms with Gasteiger partial charge in [0.1, 0.15) is 0 Å². The number of rotatable bonds is 8. The van der Waals surface area contributed by atoms with Gasteiger partial charge in [0.2, 0.25) is 17.2 Å². The number of hydrogen-bond acceptors (Lipinski definition) is 6. The molecule has 0 aliphatic heterocycles. The van der Waals surface area contributed by atoms with Gasteiger partial charge in [0.05, 0.1) is 5.60 Å². The van der Waals surface area contributed by atoms with E-state index in [-0.39, 0.29) is 5.28 Å². The van der Waals surface area contributed by atoms with Crippen LogP contribution in [0.15, 0.2) is 0 Å². The third-order valence-electron chi connectivity index (χ3n) is 2.56. The molecule has 1 aromatic rings. The van der Waals surface area contributed by atoms with Crippen LogP contribution in [0.3, 0.4) is 0 Å². The fourth-order valence-electron chi connectivity index (χ4n) is 1.64. The maximum absolute atomic E-state index is 10.1. The maximum Gasteiger partial charge on any atom is 0.228 e. The summed E-state index contributed by atoms with van der Waals surface area (Å²) in [6.45, 7) is 7.00. The standard InChI is InChI=1S/C12H22ClN5O/c1-4-6-12(3,19)8-15-11-17-9(13)16-10(18-11)14-7-5-2/h19H,4-8H2,1-3H3,(H2,14,15,16,17,18). The molecule has 0 aromatic carbocycles. The van der Waals surface area contributed by atoms with Crippen LogP contribution in [0.5, 0.6) is 0 Å². The Hall–Kier alpha value is -1.14. The second-order valence-corrected chi connectivity index (χ2v) is 5.12. The van der Waals surface area contributed by atoms with E-state index in [1.54, 1.807) is 6.92 Å². The number of anilines is 2. The van der Waals surface area contributed by atoms with Crippen LogP contribution in [0.2, 0.25) is 5.28 Å². The van der Waals surface area contributed by atoms with E-state index >= 15 is 0 Å². The van der Waals surface area contributed by atoms with Crippen LogP contribution in [0.4, 0.5) is 11.9 Å². The van der Waals surface area contributed by atoms with Gasteiger partial charge >= 0.3 is 0 Å². The smallest absolute Gasteiger partial charge is 0.228 e. The second kappa shape index (κ2) is 7.45. The van der Waals surface area contributed by atoms with Crippen LogP contribution in [0.1, 0.15) is 40.0 Å². The molecule has 7 heteroatoms. The molecule has 1 unspecified atom stereocenters. The van der Waals surface area contributed by atoms with Gasteiger partial charge < -0.3 is 15.7 Å². The molecule has 0 aliphatic carbocycles. The molecule has 1 atom stereocenters. The van der Waals surface area contributed by atoms with Crippen molar-refractivity contribution in [3.05, 3.63) is 5.28 Å². The van der Waals surface area contributed by atoms with Crippen molar-refractivity contribution in [3.63, 3.8) is 0 Å². The highest BCUT2D eigenvalue weighted by Gasteiger charge is 2.19. The molecular formula is C12H22ClN5O. The molecule has 1 aromatic heterocycles. The molecule has 0 amide bonds. The first-order valence-corrected chi connectivity index (χ1v) is 6.96. The first-order valence-electron chi connectivity index (χ1n) is 6.58. The van der Waals surface area contributed by atoms with Crippen molar-refractivity contribution >= 4 is 23.5 Å². The van der Waals surface area contributed by atoms with Crippen LogP contribution in [0, 0.1) is 0 Å². The van der Waals surface area contributed by atoms with Gasteiger partial charge in [0.25, 0.3) is 0 Å². The largest absolute Gasteiger partial charge is 0.388 e. The predicted octanol–water partition coefficient (Wildman–Crippen LogP) is 2.31. The summed E-state index contributed by atoms with van der Waals surface area (Å²) >= 11 is 5.84. The number of aliphatic hydroxyl groups is 1. The van der Waals surface area contributed by atoms with Gasteiger partial charge in [-0.1, -0.05) is 20.3 Å². The molecule has 0 radical (unpaired) electrons. The summed E-state index contributed by atoms with van der Waals surface area (Å²) < 4.78 is 0. The van der Waals surface area contributed by atoms with Crippen LogP contribution in [-0.4, -0.2) is 38.7 Å². The quantitative estimate of drug-likeness (QED) is 0.680. The predicted molar refractivity (Wildman–Crippen MR) is 77.6 cm³/mol. The number of nitrogens with zero attached hydrogens (tertiary/aromatic N) is 3. The molecule has 0 bridgehead atoms. The highest BCUT2D eigenvalue weighted by molar-refractivity contribution is 6.28. The lowest BCUT2D eigenvalue weighted by molar-refractivity contribution is 0.0635. The van der Waals surface area contributed by atoms with Gasteiger partial charge in [-0.25, -0.2) is 0 Å². The first kappa shape index (κ1) is 15.9. The zero-order chi connectivity index (χ0) is 14.3. The summed E-state index contributed by atoms with van der Waals surface area (Å²) in [6.07, 6.45) is 2.59. The Morgan fingerprint density at radius 1 is 1.11 bits per heavy atom. The number of aromatic nitrogens is 3. The lowest BCUT2D eigenvalue weighted by Gasteiger charge is -2.22. The molecule has 19 heavy (non-hydrogen) atoms. The van der Waals surface area contributed by atoms with Crippen molar-refractivity contribution < 1.29 is 5.11 Å². The molecule has 3 N–H and O–H groups in total. The molecule has 0 fully saturated rings. The van der Waals surface area contributed by atoms with Gasteiger partial charge in [-0.05, 0) is 31.4 Å². The Morgan fingerprint density at radius 2 is 1.74 bits per heavy atom. The second-order valence-electron chi connectivity index (χ2n) is 4.78. The number of nitrogens with one attached hydrogen (secondary N) is 2. The number of halogens is 1. The fraction of sp³-hybridized carbons (Fsp3) is 0.750. The van der Waals surface area contributed by atoms with Gasteiger partial charge in [0.15, 0.2) is 0 Å². The maximum atomic E-state index is 10.1. The Labute approximate surface area is 119 Å². The Bertz CT molecular complexity index is 400. The summed E-state index contributed by atoms with van der Waals surface area (Å²) in [7, 11) is 0. The van der Waals surface area contributed by atoms with Crippen molar-refractivity contribution in [2.45, 2.75) is 45.6 Å². The third kappa shape index (κ3) is 6.02. The Kier molecular flexibility index (Phi) is 6.24. The lowest BCUT2D eigenvalue weighted by Crippen LogP contribution is -2.33. The van der Waals surface area contributed by atoms with E-state index in [0.717, 1.165) is 19.4 Å². The minimum atomic E-state index is -0.787. The molecule has 0 aliphatic rings. The minimum Gasteiger partial charge on any atom is -0.388 e. The molecule has 0 spiro atoms. The van der Waals surface area contributed by atoms with Gasteiger partial charge in [0, 0.05) is 13.1 Å². The van der Waals surface area contributed by atoms with E-state index < -0.39 is 5.60 Å². The van der Waals surface area contributed by atoms with Gasteiger partial charge in [-0.15, -0.1) is 0 Å². The summed E-state index contributed by atoms with van der Waals surface area (Å²) in [5.41, 5.74) is -0.787. The SMILES string of the molecule is CCCNc1nc(Cl)nc(NCC(C)(O)CCC)n1. The third-order valence-corrected chi connectivity index (χ3v) is 2.73. The minimum absolute atomic E-state index is 0.131. The van der Waals surface area contributed by atoms with E-state index in [1.165, 1.54) is 0 Å². The fourth-order valence-corrected chi connectivity index (χ4v) is 1.80. The average molecular weight is 288 g/mol. The Balaban J connectivity index is 2.65. The highest BCUT2D eigenvalue weighted by Crippen LogP contribution is 2.14. The highest BCUT2D eigenvalue weighted by atomic mass is 35.5. The normalized spacial score (nSPS) is 13.9. The molecule has 1 heterocycles. The first-order chi connectivity index (χ1) is 8.96. The van der Waals surface area contributed by atoms with Crippen molar-refractivity contribution in [1.82, 2.24) is 15.0 Å². The molecule has 0 saturated carbocycles. The molecule has 1 rings (SSSR count). The zero-order valence-corrected chi connectivity index (χ0v) is 12.5. The van der Waals surface area contributed by atoms with Crippen LogP contribution in [-0.2, 0) is 0 Å². The van der Waals surface area contributed by atoms with E-state index in [1.807, 2.05) is 6.92 Å². The topological polar surface area (TPSA) is 83.0 Å². The Morgan fingerprint density at radius 3 is 2.32 bits per heavy atom. The van der Waals surface area contributed by atoms with Crippen molar-refractivity contribution in [1.29, 1.82) is 0 Å².